The number of para-hydroxylation sites is 2. The Labute approximate surface area is 203 Å². The molecule has 169 valence electrons. The Bertz CT molecular complexity index is 1150. The van der Waals surface area contributed by atoms with Crippen LogP contribution in [0.25, 0.3) is 0 Å². The van der Waals surface area contributed by atoms with Crippen molar-refractivity contribution in [3.05, 3.63) is 107 Å². The molecule has 0 unspecified atom stereocenters. The largest absolute Gasteiger partial charge is 2.00 e. The molecule has 0 N–H and O–H groups in total. The van der Waals surface area contributed by atoms with Gasteiger partial charge in [-0.2, -0.15) is 0 Å². The zero-order valence-electron chi connectivity index (χ0n) is 18.1. The predicted molar refractivity (Wildman–Crippen MR) is 124 cm³/mol. The fraction of sp³-hybridized carbons (Fsp3) is 0.0769. The number of hydrogen-bond donors (Lipinski definition) is 0. The smallest absolute Gasteiger partial charge is 0.872 e. The number of hydrogen-bond acceptors (Lipinski definition) is 6. The van der Waals surface area contributed by atoms with E-state index in [2.05, 4.69) is 20.0 Å². The third-order valence-corrected chi connectivity index (χ3v) is 4.31. The molecule has 0 atom stereocenters. The average molecular weight is 486 g/mol. The molecular formula is C26H22CuN4O2. The third-order valence-electron chi connectivity index (χ3n) is 4.31. The van der Waals surface area contributed by atoms with Crippen LogP contribution in [0.3, 0.4) is 0 Å². The Balaban J connectivity index is 0.000000227. The molecule has 0 aliphatic rings. The molecule has 2 aromatic heterocycles. The first kappa shape index (κ1) is 25.5. The van der Waals surface area contributed by atoms with Gasteiger partial charge in [0.1, 0.15) is 0 Å². The SMILES string of the molecule is Cc1ccnc(N=Cc2ccccc2[O-])c1.Cc1ccnc(N=Cc2ccccc2[O-])c1.[Cu+2]. The maximum absolute atomic E-state index is 11.4. The number of benzene rings is 2. The van der Waals surface area contributed by atoms with Crippen LogP contribution in [0.1, 0.15) is 22.3 Å². The van der Waals surface area contributed by atoms with Crippen molar-refractivity contribution in [1.82, 2.24) is 9.97 Å². The van der Waals surface area contributed by atoms with Crippen molar-refractivity contribution in [3.63, 3.8) is 0 Å². The van der Waals surface area contributed by atoms with Gasteiger partial charge in [-0.05, 0) is 60.4 Å². The molecule has 0 fully saturated rings. The Morgan fingerprint density at radius 2 is 1.03 bits per heavy atom. The minimum atomic E-state index is -0.0288. The number of aliphatic imine (C=N–C) groups is 2. The Kier molecular flexibility index (Phi) is 9.96. The van der Waals surface area contributed by atoms with Gasteiger partial charge in [0.25, 0.3) is 0 Å². The van der Waals surface area contributed by atoms with Gasteiger partial charge in [0.15, 0.2) is 11.6 Å². The third kappa shape index (κ3) is 8.33. The molecule has 7 heteroatoms. The van der Waals surface area contributed by atoms with E-state index in [-0.39, 0.29) is 28.6 Å². The summed E-state index contributed by atoms with van der Waals surface area (Å²) in [6.07, 6.45) is 6.49. The van der Waals surface area contributed by atoms with Crippen LogP contribution in [0.5, 0.6) is 11.5 Å². The van der Waals surface area contributed by atoms with Crippen molar-refractivity contribution in [2.75, 3.05) is 0 Å². The summed E-state index contributed by atoms with van der Waals surface area (Å²) in [6.45, 7) is 3.95. The standard InChI is InChI=1S/2C13H12N2O.Cu/c2*1-10-6-7-14-13(8-10)15-9-11-4-2-3-5-12(11)16;/h2*2-9,16H,1H3;/q;;+2/p-2. The van der Waals surface area contributed by atoms with Crippen LogP contribution in [0.2, 0.25) is 0 Å². The van der Waals surface area contributed by atoms with E-state index in [0.717, 1.165) is 11.1 Å². The molecular weight excluding hydrogens is 464 g/mol. The van der Waals surface area contributed by atoms with Crippen LogP contribution in [-0.4, -0.2) is 22.4 Å². The quantitative estimate of drug-likeness (QED) is 0.315. The van der Waals surface area contributed by atoms with Crippen LogP contribution in [0.15, 0.2) is 95.2 Å². The maximum Gasteiger partial charge on any atom is 2.00 e. The van der Waals surface area contributed by atoms with E-state index in [1.165, 1.54) is 12.1 Å². The molecule has 0 aliphatic carbocycles. The monoisotopic (exact) mass is 485 g/mol. The van der Waals surface area contributed by atoms with Crippen molar-refractivity contribution in [2.24, 2.45) is 9.98 Å². The number of rotatable bonds is 4. The van der Waals surface area contributed by atoms with E-state index < -0.39 is 0 Å². The first-order valence-corrected chi connectivity index (χ1v) is 9.97. The summed E-state index contributed by atoms with van der Waals surface area (Å²) >= 11 is 0. The topological polar surface area (TPSA) is 96.6 Å². The second-order valence-corrected chi connectivity index (χ2v) is 6.97. The molecule has 2 aromatic carbocycles. The van der Waals surface area contributed by atoms with Gasteiger partial charge in [-0.1, -0.05) is 48.5 Å². The van der Waals surface area contributed by atoms with Gasteiger partial charge in [-0.15, -0.1) is 11.5 Å². The van der Waals surface area contributed by atoms with Crippen LogP contribution in [-0.2, 0) is 17.1 Å². The van der Waals surface area contributed by atoms with Crippen LogP contribution < -0.4 is 10.2 Å². The summed E-state index contributed by atoms with van der Waals surface area (Å²) in [5.41, 5.74) is 3.34. The Morgan fingerprint density at radius 1 is 0.636 bits per heavy atom. The molecule has 2 heterocycles. The van der Waals surface area contributed by atoms with Crippen LogP contribution in [0.4, 0.5) is 11.6 Å². The average Bonchev–Trinajstić information content (AvgIpc) is 2.79. The second-order valence-electron chi connectivity index (χ2n) is 6.97. The molecule has 0 saturated heterocycles. The summed E-state index contributed by atoms with van der Waals surface area (Å²) in [5.74, 6) is 1.17. The molecule has 33 heavy (non-hydrogen) atoms. The van der Waals surface area contributed by atoms with Crippen LogP contribution >= 0.6 is 0 Å². The zero-order valence-corrected chi connectivity index (χ0v) is 19.1. The minimum Gasteiger partial charge on any atom is -0.872 e. The van der Waals surface area contributed by atoms with Gasteiger partial charge >= 0.3 is 17.1 Å². The number of aryl methyl sites for hydroxylation is 2. The van der Waals surface area contributed by atoms with Gasteiger partial charge in [-0.25, -0.2) is 20.0 Å². The molecule has 0 amide bonds. The second kappa shape index (κ2) is 12.9. The molecule has 1 radical (unpaired) electrons. The Hall–Kier alpha value is -3.80. The van der Waals surface area contributed by atoms with E-state index in [4.69, 9.17) is 0 Å². The van der Waals surface area contributed by atoms with Gasteiger partial charge < -0.3 is 10.2 Å². The molecule has 4 aromatic rings. The molecule has 0 spiro atoms. The molecule has 4 rings (SSSR count). The van der Waals surface area contributed by atoms with Crippen molar-refractivity contribution in [1.29, 1.82) is 0 Å². The van der Waals surface area contributed by atoms with Crippen molar-refractivity contribution >= 4 is 24.1 Å². The fourth-order valence-electron chi connectivity index (χ4n) is 2.63. The molecule has 0 saturated carbocycles. The molecule has 6 nitrogen and oxygen atoms in total. The van der Waals surface area contributed by atoms with Gasteiger partial charge in [-0.3, -0.25) is 0 Å². The summed E-state index contributed by atoms with van der Waals surface area (Å²) in [5, 5.41) is 22.8. The van der Waals surface area contributed by atoms with Gasteiger partial charge in [0.05, 0.1) is 0 Å². The van der Waals surface area contributed by atoms with Gasteiger partial charge in [0, 0.05) is 24.8 Å². The normalized spacial score (nSPS) is 10.5. The summed E-state index contributed by atoms with van der Waals surface area (Å²) in [4.78, 5) is 16.5. The number of aromatic nitrogens is 2. The first-order valence-electron chi connectivity index (χ1n) is 9.97. The summed E-state index contributed by atoms with van der Waals surface area (Å²) in [6, 6.07) is 21.1. The van der Waals surface area contributed by atoms with Gasteiger partial charge in [0.2, 0.25) is 0 Å². The van der Waals surface area contributed by atoms with Crippen molar-refractivity contribution in [2.45, 2.75) is 13.8 Å². The minimum absolute atomic E-state index is 0. The first-order chi connectivity index (χ1) is 15.5. The zero-order chi connectivity index (χ0) is 22.8. The fourth-order valence-corrected chi connectivity index (χ4v) is 2.63. The number of nitrogens with zero attached hydrogens (tertiary/aromatic N) is 4. The van der Waals surface area contributed by atoms with E-state index in [1.54, 1.807) is 49.1 Å². The van der Waals surface area contributed by atoms with Crippen LogP contribution in [0, 0.1) is 13.8 Å². The predicted octanol–water partition coefficient (Wildman–Crippen LogP) is 4.43. The maximum atomic E-state index is 11.4. The van der Waals surface area contributed by atoms with E-state index in [9.17, 15) is 10.2 Å². The summed E-state index contributed by atoms with van der Waals surface area (Å²) in [7, 11) is 0. The van der Waals surface area contributed by atoms with E-state index >= 15 is 0 Å². The van der Waals surface area contributed by atoms with Crippen molar-refractivity contribution < 1.29 is 27.3 Å². The Morgan fingerprint density at radius 3 is 1.39 bits per heavy atom. The number of pyridine rings is 2. The van der Waals surface area contributed by atoms with E-state index in [1.807, 2.05) is 50.2 Å². The molecule has 0 aliphatic heterocycles. The molecule has 0 bridgehead atoms. The van der Waals surface area contributed by atoms with E-state index in [0.29, 0.717) is 22.8 Å². The van der Waals surface area contributed by atoms with Crippen molar-refractivity contribution in [3.8, 4) is 11.5 Å². The summed E-state index contributed by atoms with van der Waals surface area (Å²) < 4.78 is 0.